The van der Waals surface area contributed by atoms with Crippen LogP contribution in [-0.4, -0.2) is 9.55 Å². The van der Waals surface area contributed by atoms with Gasteiger partial charge < -0.3 is 0 Å². The van der Waals surface area contributed by atoms with Gasteiger partial charge in [0, 0.05) is 21.5 Å². The van der Waals surface area contributed by atoms with Gasteiger partial charge in [0.05, 0.1) is 28.2 Å². The molecule has 2 aromatic heterocycles. The second-order valence-electron chi connectivity index (χ2n) is 14.9. The van der Waals surface area contributed by atoms with Crippen molar-refractivity contribution in [3.63, 3.8) is 0 Å². The van der Waals surface area contributed by atoms with E-state index in [0.717, 1.165) is 49.3 Å². The van der Waals surface area contributed by atoms with Crippen LogP contribution in [0.4, 0.5) is 0 Å². The molecule has 2 heterocycles. The number of nitriles is 1. The van der Waals surface area contributed by atoms with Gasteiger partial charge in [-0.25, -0.2) is 4.98 Å². The summed E-state index contributed by atoms with van der Waals surface area (Å²) in [5.41, 5.74) is 11.0. The van der Waals surface area contributed by atoms with Gasteiger partial charge in [0.15, 0.2) is 0 Å². The molecule has 262 valence electrons. The molecular formula is C54H31N3. The van der Waals surface area contributed by atoms with E-state index in [1.54, 1.807) is 0 Å². The van der Waals surface area contributed by atoms with E-state index < -0.39 is 0 Å². The fraction of sp³-hybridized carbons (Fsp3) is 0. The summed E-state index contributed by atoms with van der Waals surface area (Å²) in [5, 5.41) is 23.0. The van der Waals surface area contributed by atoms with Crippen molar-refractivity contribution in [2.75, 3.05) is 0 Å². The van der Waals surface area contributed by atoms with Gasteiger partial charge >= 0.3 is 0 Å². The van der Waals surface area contributed by atoms with Crippen molar-refractivity contribution in [2.24, 2.45) is 0 Å². The molecule has 0 N–H and O–H groups in total. The zero-order valence-corrected chi connectivity index (χ0v) is 30.7. The number of rotatable bonds is 4. The molecule has 0 radical (unpaired) electrons. The lowest BCUT2D eigenvalue weighted by atomic mass is 9.82. The zero-order chi connectivity index (χ0) is 37.6. The van der Waals surface area contributed by atoms with Gasteiger partial charge in [0.25, 0.3) is 0 Å². The summed E-state index contributed by atoms with van der Waals surface area (Å²) < 4.78 is 2.27. The predicted octanol–water partition coefficient (Wildman–Crippen LogP) is 14.3. The van der Waals surface area contributed by atoms with Crippen molar-refractivity contribution in [1.82, 2.24) is 9.55 Å². The first kappa shape index (κ1) is 31.5. The second kappa shape index (κ2) is 12.1. The van der Waals surface area contributed by atoms with Gasteiger partial charge in [-0.15, -0.1) is 0 Å². The monoisotopic (exact) mass is 721 g/mol. The minimum Gasteiger partial charge on any atom is -0.294 e. The topological polar surface area (TPSA) is 41.6 Å². The third-order valence-corrected chi connectivity index (χ3v) is 12.0. The molecule has 12 aromatic rings. The first-order valence-electron chi connectivity index (χ1n) is 19.4. The molecule has 0 spiro atoms. The van der Waals surface area contributed by atoms with Crippen LogP contribution in [0.1, 0.15) is 5.56 Å². The molecular weight excluding hydrogens is 691 g/mol. The van der Waals surface area contributed by atoms with Crippen LogP contribution in [0.3, 0.4) is 0 Å². The van der Waals surface area contributed by atoms with Crippen LogP contribution in [0.2, 0.25) is 0 Å². The van der Waals surface area contributed by atoms with E-state index in [-0.39, 0.29) is 0 Å². The summed E-state index contributed by atoms with van der Waals surface area (Å²) in [7, 11) is 0. The molecule has 0 aliphatic rings. The minimum atomic E-state index is 0.672. The van der Waals surface area contributed by atoms with Crippen LogP contribution in [0.25, 0.3) is 115 Å². The van der Waals surface area contributed by atoms with Gasteiger partial charge in [-0.1, -0.05) is 152 Å². The Labute approximate surface area is 328 Å². The molecule has 0 bridgehead atoms. The summed E-state index contributed by atoms with van der Waals surface area (Å²) in [4.78, 5) is 5.16. The van der Waals surface area contributed by atoms with Crippen molar-refractivity contribution in [3.05, 3.63) is 194 Å². The van der Waals surface area contributed by atoms with Crippen molar-refractivity contribution < 1.29 is 0 Å². The van der Waals surface area contributed by atoms with Crippen LogP contribution in [0.5, 0.6) is 0 Å². The highest BCUT2D eigenvalue weighted by Gasteiger charge is 2.24. The Kier molecular flexibility index (Phi) is 6.70. The fourth-order valence-electron chi connectivity index (χ4n) is 9.59. The first-order chi connectivity index (χ1) is 28.3. The Bertz CT molecular complexity index is 3590. The normalized spacial score (nSPS) is 11.8. The molecule has 57 heavy (non-hydrogen) atoms. The van der Waals surface area contributed by atoms with Gasteiger partial charge in [-0.05, 0) is 107 Å². The quantitative estimate of drug-likeness (QED) is 0.134. The van der Waals surface area contributed by atoms with Crippen LogP contribution in [-0.2, 0) is 0 Å². The van der Waals surface area contributed by atoms with E-state index >= 15 is 0 Å². The van der Waals surface area contributed by atoms with Gasteiger partial charge in [-0.3, -0.25) is 4.57 Å². The smallest absolute Gasteiger partial charge is 0.138 e. The summed E-state index contributed by atoms with van der Waals surface area (Å²) in [5.74, 6) is 0.857. The molecule has 10 aromatic carbocycles. The van der Waals surface area contributed by atoms with Crippen molar-refractivity contribution in [2.45, 2.75) is 0 Å². The molecule has 12 rings (SSSR count). The van der Waals surface area contributed by atoms with Crippen LogP contribution in [0, 0.1) is 11.3 Å². The Hall–Kier alpha value is -7.80. The van der Waals surface area contributed by atoms with Crippen LogP contribution >= 0.6 is 0 Å². The van der Waals surface area contributed by atoms with Gasteiger partial charge in [0.1, 0.15) is 5.82 Å². The summed E-state index contributed by atoms with van der Waals surface area (Å²) in [6.07, 6.45) is 0. The highest BCUT2D eigenvalue weighted by molar-refractivity contribution is 6.31. The number of hydrogen-bond acceptors (Lipinski definition) is 2. The second-order valence-corrected chi connectivity index (χ2v) is 14.9. The summed E-state index contributed by atoms with van der Waals surface area (Å²) >= 11 is 0. The molecule has 0 saturated heterocycles. The third-order valence-electron chi connectivity index (χ3n) is 12.0. The van der Waals surface area contributed by atoms with E-state index in [1.807, 2.05) is 18.2 Å². The Balaban J connectivity index is 1.17. The molecule has 0 saturated carbocycles. The molecule has 0 aliphatic heterocycles. The Morgan fingerprint density at radius 3 is 1.58 bits per heavy atom. The molecule has 0 unspecified atom stereocenters. The maximum Gasteiger partial charge on any atom is 0.138 e. The Morgan fingerprint density at radius 1 is 0.386 bits per heavy atom. The summed E-state index contributed by atoms with van der Waals surface area (Å²) in [6, 6.07) is 69.8. The lowest BCUT2D eigenvalue weighted by Gasteiger charge is -2.20. The average molecular weight is 722 g/mol. The van der Waals surface area contributed by atoms with Gasteiger partial charge in [0.2, 0.25) is 0 Å². The lowest BCUT2D eigenvalue weighted by molar-refractivity contribution is 1.10. The van der Waals surface area contributed by atoms with Crippen LogP contribution < -0.4 is 0 Å². The number of fused-ring (bicyclic) bond motifs is 4. The lowest BCUT2D eigenvalue weighted by Crippen LogP contribution is -1.97. The van der Waals surface area contributed by atoms with Crippen molar-refractivity contribution in [3.8, 4) is 45.3 Å². The third kappa shape index (κ3) is 4.50. The van der Waals surface area contributed by atoms with E-state index in [1.165, 1.54) is 65.7 Å². The van der Waals surface area contributed by atoms with Crippen molar-refractivity contribution >= 4 is 75.8 Å². The van der Waals surface area contributed by atoms with Crippen molar-refractivity contribution in [1.29, 1.82) is 5.26 Å². The van der Waals surface area contributed by atoms with E-state index in [9.17, 15) is 5.26 Å². The van der Waals surface area contributed by atoms with Gasteiger partial charge in [-0.2, -0.15) is 5.26 Å². The number of nitrogens with zero attached hydrogens (tertiary/aromatic N) is 3. The predicted molar refractivity (Wildman–Crippen MR) is 238 cm³/mol. The highest BCUT2D eigenvalue weighted by Crippen LogP contribution is 2.50. The fourth-order valence-corrected chi connectivity index (χ4v) is 9.59. The van der Waals surface area contributed by atoms with E-state index in [0.29, 0.717) is 5.56 Å². The average Bonchev–Trinajstić information content (AvgIpc) is 3.62. The number of pyridine rings is 1. The zero-order valence-electron chi connectivity index (χ0n) is 30.7. The highest BCUT2D eigenvalue weighted by atomic mass is 15.1. The maximum absolute atomic E-state index is 10.3. The Morgan fingerprint density at radius 2 is 0.895 bits per heavy atom. The maximum atomic E-state index is 10.3. The molecule has 0 fully saturated rings. The van der Waals surface area contributed by atoms with Crippen LogP contribution in [0.15, 0.2) is 188 Å². The molecule has 3 nitrogen and oxygen atoms in total. The number of para-hydroxylation sites is 1. The number of hydrogen-bond donors (Lipinski definition) is 0. The number of aromatic nitrogens is 2. The molecule has 0 atom stereocenters. The largest absolute Gasteiger partial charge is 0.294 e. The first-order valence-corrected chi connectivity index (χ1v) is 19.4. The number of benzene rings is 10. The molecule has 3 heteroatoms. The summed E-state index contributed by atoms with van der Waals surface area (Å²) in [6.45, 7) is 0. The SMILES string of the molecule is N#Cc1ccc2c3c1ccc1c(-c4c5ccccc5c(-c5ccc(-c6ccccc6)c6ccccc56)c5ccccc45)ccc(c13)n2-c1ccc2ccccc2n1. The minimum absolute atomic E-state index is 0.672. The molecule has 0 amide bonds. The standard InChI is InChI=1S/C54H31N3/c55-32-35-22-29-48-53-37(35)25-27-46-45(28-30-49(54(46)53)57(48)50-31-23-34-14-4-11-21-47(34)56-50)52-42-19-9-7-17-40(42)51(41-18-8-10-20-43(41)52)44-26-24-36(33-12-2-1-3-13-33)38-15-5-6-16-39(38)44/h1-31H. The van der Waals surface area contributed by atoms with E-state index in [2.05, 4.69) is 180 Å². The molecule has 0 aliphatic carbocycles. The van der Waals surface area contributed by atoms with E-state index in [4.69, 9.17) is 4.98 Å².